The maximum atomic E-state index is 13.6. The summed E-state index contributed by atoms with van der Waals surface area (Å²) in [5.41, 5.74) is 3.08. The van der Waals surface area contributed by atoms with E-state index >= 15 is 0 Å². The molecule has 0 fully saturated rings. The highest BCUT2D eigenvalue weighted by Crippen LogP contribution is 2.23. The van der Waals surface area contributed by atoms with Crippen LogP contribution in [0.5, 0.6) is 0 Å². The molecular formula is C17H18FN5OS. The quantitative estimate of drug-likeness (QED) is 0.724. The molecule has 1 amide bonds. The van der Waals surface area contributed by atoms with Crippen LogP contribution in [0.4, 0.5) is 10.1 Å². The van der Waals surface area contributed by atoms with Crippen molar-refractivity contribution in [2.75, 3.05) is 5.32 Å². The van der Waals surface area contributed by atoms with Crippen molar-refractivity contribution in [2.45, 2.75) is 38.1 Å². The first-order chi connectivity index (χ1) is 11.9. The molecule has 25 heavy (non-hydrogen) atoms. The van der Waals surface area contributed by atoms with Crippen LogP contribution in [-0.4, -0.2) is 30.7 Å². The molecule has 3 aromatic rings. The number of hydrogen-bond donors (Lipinski definition) is 1. The molecule has 2 aromatic heterocycles. The van der Waals surface area contributed by atoms with Gasteiger partial charge in [0.1, 0.15) is 5.82 Å². The topological polar surface area (TPSA) is 72.2 Å². The van der Waals surface area contributed by atoms with E-state index in [-0.39, 0.29) is 11.6 Å². The van der Waals surface area contributed by atoms with Crippen molar-refractivity contribution >= 4 is 29.1 Å². The van der Waals surface area contributed by atoms with Gasteiger partial charge in [-0.1, -0.05) is 23.9 Å². The predicted octanol–water partition coefficient (Wildman–Crippen LogP) is 3.31. The maximum absolute atomic E-state index is 13.6. The van der Waals surface area contributed by atoms with Gasteiger partial charge >= 0.3 is 0 Å². The fourth-order valence-electron chi connectivity index (χ4n) is 2.30. The zero-order valence-corrected chi connectivity index (χ0v) is 15.2. The van der Waals surface area contributed by atoms with Gasteiger partial charge in [0, 0.05) is 11.4 Å². The lowest BCUT2D eigenvalue weighted by Crippen LogP contribution is -2.23. The largest absolute Gasteiger partial charge is 0.323 e. The number of aromatic nitrogens is 4. The van der Waals surface area contributed by atoms with Gasteiger partial charge in [0.15, 0.2) is 0 Å². The molecule has 130 valence electrons. The fourth-order valence-corrected chi connectivity index (χ4v) is 3.04. The lowest BCUT2D eigenvalue weighted by Gasteiger charge is -2.10. The molecule has 0 unspecified atom stereocenters. The summed E-state index contributed by atoms with van der Waals surface area (Å²) in [7, 11) is 0. The number of nitrogens with one attached hydrogen (secondary N) is 1. The minimum Gasteiger partial charge on any atom is -0.323 e. The van der Waals surface area contributed by atoms with Crippen LogP contribution in [0, 0.1) is 26.6 Å². The lowest BCUT2D eigenvalue weighted by molar-refractivity contribution is -0.115. The third kappa shape index (κ3) is 3.48. The van der Waals surface area contributed by atoms with E-state index in [4.69, 9.17) is 0 Å². The molecule has 0 bridgehead atoms. The van der Waals surface area contributed by atoms with Crippen LogP contribution in [0.2, 0.25) is 0 Å². The van der Waals surface area contributed by atoms with Crippen molar-refractivity contribution < 1.29 is 9.18 Å². The van der Waals surface area contributed by atoms with E-state index < -0.39 is 11.1 Å². The summed E-state index contributed by atoms with van der Waals surface area (Å²) < 4.78 is 15.3. The van der Waals surface area contributed by atoms with Gasteiger partial charge in [0.05, 0.1) is 10.9 Å². The number of para-hydroxylation sites is 1. The molecule has 0 radical (unpaired) electrons. The van der Waals surface area contributed by atoms with Crippen LogP contribution in [0.3, 0.4) is 0 Å². The van der Waals surface area contributed by atoms with Crippen molar-refractivity contribution in [1.82, 2.24) is 19.6 Å². The molecular weight excluding hydrogens is 341 g/mol. The highest BCUT2D eigenvalue weighted by molar-refractivity contribution is 8.00. The minimum atomic E-state index is -0.487. The number of rotatable bonds is 4. The molecule has 1 atom stereocenters. The van der Waals surface area contributed by atoms with E-state index in [0.717, 1.165) is 17.0 Å². The van der Waals surface area contributed by atoms with Crippen molar-refractivity contribution in [1.29, 1.82) is 0 Å². The zero-order valence-electron chi connectivity index (χ0n) is 14.4. The number of amides is 1. The molecule has 3 rings (SSSR count). The first kappa shape index (κ1) is 17.3. The van der Waals surface area contributed by atoms with Gasteiger partial charge in [-0.25, -0.2) is 13.9 Å². The standard InChI is InChI=1S/C17H18FN5OS/c1-9-10(2)19-16-21-17(22-23(16)11(9)3)25-12(4)15(24)20-14-8-6-5-7-13(14)18/h5-8,12H,1-4H3,(H,20,24)/t12-/m0/s1. The van der Waals surface area contributed by atoms with Gasteiger partial charge in [-0.2, -0.15) is 4.98 Å². The van der Waals surface area contributed by atoms with Crippen LogP contribution < -0.4 is 5.32 Å². The van der Waals surface area contributed by atoms with Crippen LogP contribution >= 0.6 is 11.8 Å². The van der Waals surface area contributed by atoms with Gasteiger partial charge in [-0.15, -0.1) is 5.10 Å². The third-order valence-electron chi connectivity index (χ3n) is 4.02. The van der Waals surface area contributed by atoms with Crippen molar-refractivity contribution in [2.24, 2.45) is 0 Å². The van der Waals surface area contributed by atoms with E-state index in [2.05, 4.69) is 20.4 Å². The second-order valence-electron chi connectivity index (χ2n) is 5.74. The summed E-state index contributed by atoms with van der Waals surface area (Å²) >= 11 is 1.21. The summed E-state index contributed by atoms with van der Waals surface area (Å²) in [5, 5.41) is 6.96. The average Bonchev–Trinajstić information content (AvgIpc) is 2.97. The molecule has 2 heterocycles. The number of thioether (sulfide) groups is 1. The van der Waals surface area contributed by atoms with Crippen LogP contribution in [0.15, 0.2) is 29.4 Å². The Hall–Kier alpha value is -2.48. The van der Waals surface area contributed by atoms with E-state index in [1.165, 1.54) is 23.9 Å². The van der Waals surface area contributed by atoms with Crippen molar-refractivity contribution in [3.8, 4) is 0 Å². The van der Waals surface area contributed by atoms with E-state index in [0.29, 0.717) is 10.9 Å². The molecule has 8 heteroatoms. The zero-order chi connectivity index (χ0) is 18.1. The molecule has 0 aliphatic heterocycles. The molecule has 6 nitrogen and oxygen atoms in total. The van der Waals surface area contributed by atoms with Gasteiger partial charge in [0.25, 0.3) is 5.78 Å². The Morgan fingerprint density at radius 2 is 1.96 bits per heavy atom. The number of fused-ring (bicyclic) bond motifs is 1. The molecule has 0 aliphatic carbocycles. The number of nitrogens with zero attached hydrogens (tertiary/aromatic N) is 4. The number of halogens is 1. The lowest BCUT2D eigenvalue weighted by atomic mass is 10.2. The molecule has 0 spiro atoms. The number of aryl methyl sites for hydroxylation is 2. The van der Waals surface area contributed by atoms with E-state index in [9.17, 15) is 9.18 Å². The molecule has 0 aliphatic rings. The number of benzene rings is 1. The molecule has 0 saturated carbocycles. The fraction of sp³-hybridized carbons (Fsp3) is 0.294. The Bertz CT molecular complexity index is 956. The summed E-state index contributed by atoms with van der Waals surface area (Å²) in [6.07, 6.45) is 0. The highest BCUT2D eigenvalue weighted by Gasteiger charge is 2.19. The SMILES string of the molecule is Cc1nc2nc(S[C@@H](C)C(=O)Nc3ccccc3F)nn2c(C)c1C. The third-order valence-corrected chi connectivity index (χ3v) is 4.98. The first-order valence-electron chi connectivity index (χ1n) is 7.79. The number of hydrogen-bond acceptors (Lipinski definition) is 5. The monoisotopic (exact) mass is 359 g/mol. The number of carbonyl (C=O) groups excluding carboxylic acids is 1. The van der Waals surface area contributed by atoms with Crippen molar-refractivity contribution in [3.05, 3.63) is 47.0 Å². The second-order valence-corrected chi connectivity index (χ2v) is 7.05. The normalized spacial score (nSPS) is 12.4. The minimum absolute atomic E-state index is 0.159. The van der Waals surface area contributed by atoms with E-state index in [1.54, 1.807) is 23.6 Å². The van der Waals surface area contributed by atoms with Crippen LogP contribution in [0.1, 0.15) is 23.9 Å². The highest BCUT2D eigenvalue weighted by atomic mass is 32.2. The van der Waals surface area contributed by atoms with Crippen LogP contribution in [0.25, 0.3) is 5.78 Å². The average molecular weight is 359 g/mol. The molecule has 1 N–H and O–H groups in total. The number of anilines is 1. The Morgan fingerprint density at radius 1 is 1.24 bits per heavy atom. The smallest absolute Gasteiger partial charge is 0.253 e. The Morgan fingerprint density at radius 3 is 2.68 bits per heavy atom. The first-order valence-corrected chi connectivity index (χ1v) is 8.67. The predicted molar refractivity (Wildman–Crippen MR) is 95.3 cm³/mol. The second kappa shape index (κ2) is 6.79. The maximum Gasteiger partial charge on any atom is 0.253 e. The Labute approximate surface area is 148 Å². The molecule has 1 aromatic carbocycles. The summed E-state index contributed by atoms with van der Waals surface area (Å²) in [5.74, 6) is -0.277. The number of carbonyl (C=O) groups is 1. The Kier molecular flexibility index (Phi) is 4.71. The van der Waals surface area contributed by atoms with Gasteiger partial charge in [-0.3, -0.25) is 4.79 Å². The van der Waals surface area contributed by atoms with Gasteiger partial charge < -0.3 is 5.32 Å². The van der Waals surface area contributed by atoms with Crippen molar-refractivity contribution in [3.63, 3.8) is 0 Å². The molecule has 0 saturated heterocycles. The summed E-state index contributed by atoms with van der Waals surface area (Å²) in [6, 6.07) is 6.06. The van der Waals surface area contributed by atoms with E-state index in [1.807, 2.05) is 20.8 Å². The van der Waals surface area contributed by atoms with Crippen LogP contribution in [-0.2, 0) is 4.79 Å². The van der Waals surface area contributed by atoms with Gasteiger partial charge in [0.2, 0.25) is 11.1 Å². The van der Waals surface area contributed by atoms with Gasteiger partial charge in [-0.05, 0) is 45.4 Å². The summed E-state index contributed by atoms with van der Waals surface area (Å²) in [6.45, 7) is 7.59. The summed E-state index contributed by atoms with van der Waals surface area (Å²) in [4.78, 5) is 21.1. The Balaban J connectivity index is 1.77.